The Morgan fingerprint density at radius 2 is 1.76 bits per heavy atom. The van der Waals surface area contributed by atoms with Gasteiger partial charge in [0.05, 0.1) is 7.11 Å². The lowest BCUT2D eigenvalue weighted by atomic mass is 10.1. The zero-order valence-corrected chi connectivity index (χ0v) is 14.5. The molecule has 1 aromatic rings. The number of ether oxygens (including phenoxy) is 1. The van der Waals surface area contributed by atoms with E-state index in [1.165, 1.54) is 5.56 Å². The lowest BCUT2D eigenvalue weighted by molar-refractivity contribution is 0.270. The van der Waals surface area contributed by atoms with E-state index in [0.29, 0.717) is 5.92 Å². The highest BCUT2D eigenvalue weighted by atomic mass is 16.5. The SMILES string of the molecule is CC.CCN1CCN(c2ccc(C(C)C)c(OC)n2)CC1. The summed E-state index contributed by atoms with van der Waals surface area (Å²) in [5, 5.41) is 0. The van der Waals surface area contributed by atoms with Gasteiger partial charge in [0.15, 0.2) is 0 Å². The summed E-state index contributed by atoms with van der Waals surface area (Å²) in [7, 11) is 1.70. The van der Waals surface area contributed by atoms with Crippen LogP contribution in [0.25, 0.3) is 0 Å². The highest BCUT2D eigenvalue weighted by Gasteiger charge is 2.18. The van der Waals surface area contributed by atoms with Crippen molar-refractivity contribution in [3.63, 3.8) is 0 Å². The Bertz CT molecular complexity index is 412. The first-order valence-corrected chi connectivity index (χ1v) is 8.18. The average molecular weight is 293 g/mol. The van der Waals surface area contributed by atoms with Crippen molar-refractivity contribution in [2.45, 2.75) is 40.5 Å². The molecule has 0 bridgehead atoms. The number of hydrogen-bond acceptors (Lipinski definition) is 4. The first kappa shape index (κ1) is 17.8. The second-order valence-corrected chi connectivity index (χ2v) is 5.34. The van der Waals surface area contributed by atoms with Gasteiger partial charge in [0.1, 0.15) is 5.82 Å². The fourth-order valence-electron chi connectivity index (χ4n) is 2.51. The number of aromatic nitrogens is 1. The molecular formula is C17H31N3O. The van der Waals surface area contributed by atoms with E-state index < -0.39 is 0 Å². The predicted molar refractivity (Wildman–Crippen MR) is 90.6 cm³/mol. The summed E-state index contributed by atoms with van der Waals surface area (Å²) in [6, 6.07) is 4.28. The van der Waals surface area contributed by atoms with Gasteiger partial charge in [-0.2, -0.15) is 4.98 Å². The number of hydrogen-bond donors (Lipinski definition) is 0. The topological polar surface area (TPSA) is 28.6 Å². The van der Waals surface area contributed by atoms with Crippen LogP contribution in [0, 0.1) is 0 Å². The van der Waals surface area contributed by atoms with Crippen LogP contribution in [-0.4, -0.2) is 49.7 Å². The standard InChI is InChI=1S/C15H25N3O.C2H6/c1-5-17-8-10-18(11-9-17)14-7-6-13(12(2)3)15(16-14)19-4;1-2/h6-7,12H,5,8-11H2,1-4H3;1-2H3. The molecule has 120 valence electrons. The van der Waals surface area contributed by atoms with Crippen LogP contribution in [0.4, 0.5) is 5.82 Å². The van der Waals surface area contributed by atoms with E-state index in [4.69, 9.17) is 4.74 Å². The summed E-state index contributed by atoms with van der Waals surface area (Å²) in [6.07, 6.45) is 0. The van der Waals surface area contributed by atoms with Gasteiger partial charge in [-0.3, -0.25) is 0 Å². The molecule has 2 rings (SSSR count). The van der Waals surface area contributed by atoms with Gasteiger partial charge in [0, 0.05) is 31.7 Å². The first-order chi connectivity index (χ1) is 10.2. The van der Waals surface area contributed by atoms with Gasteiger partial charge in [0.25, 0.3) is 0 Å². The van der Waals surface area contributed by atoms with Crippen LogP contribution in [0.15, 0.2) is 12.1 Å². The summed E-state index contributed by atoms with van der Waals surface area (Å²) < 4.78 is 5.43. The van der Waals surface area contributed by atoms with Crippen LogP contribution in [-0.2, 0) is 0 Å². The van der Waals surface area contributed by atoms with Crippen molar-refractivity contribution in [2.75, 3.05) is 44.7 Å². The maximum absolute atomic E-state index is 5.43. The van der Waals surface area contributed by atoms with Gasteiger partial charge in [-0.15, -0.1) is 0 Å². The molecule has 0 N–H and O–H groups in total. The Labute approximate surface area is 130 Å². The van der Waals surface area contributed by atoms with E-state index in [1.807, 2.05) is 13.8 Å². The molecule has 21 heavy (non-hydrogen) atoms. The molecule has 0 amide bonds. The molecule has 0 atom stereocenters. The third kappa shape index (κ3) is 4.60. The fraction of sp³-hybridized carbons (Fsp3) is 0.706. The maximum Gasteiger partial charge on any atom is 0.218 e. The molecule has 1 saturated heterocycles. The number of likely N-dealkylation sites (N-methyl/N-ethyl adjacent to an activating group) is 1. The van der Waals surface area contributed by atoms with Gasteiger partial charge in [-0.1, -0.05) is 34.6 Å². The van der Waals surface area contributed by atoms with Crippen LogP contribution in [0.5, 0.6) is 5.88 Å². The zero-order valence-electron chi connectivity index (χ0n) is 14.5. The monoisotopic (exact) mass is 293 g/mol. The Hall–Kier alpha value is -1.29. The van der Waals surface area contributed by atoms with Gasteiger partial charge in [0.2, 0.25) is 5.88 Å². The number of methoxy groups -OCH3 is 1. The summed E-state index contributed by atoms with van der Waals surface area (Å²) in [6.45, 7) is 16.0. The van der Waals surface area contributed by atoms with Crippen molar-refractivity contribution in [2.24, 2.45) is 0 Å². The minimum atomic E-state index is 0.438. The van der Waals surface area contributed by atoms with Gasteiger partial charge in [-0.05, 0) is 24.6 Å². The van der Waals surface area contributed by atoms with Gasteiger partial charge < -0.3 is 14.5 Å². The lowest BCUT2D eigenvalue weighted by Gasteiger charge is -2.35. The van der Waals surface area contributed by atoms with E-state index in [9.17, 15) is 0 Å². The smallest absolute Gasteiger partial charge is 0.218 e. The van der Waals surface area contributed by atoms with Crippen molar-refractivity contribution < 1.29 is 4.74 Å². The molecule has 1 fully saturated rings. The van der Waals surface area contributed by atoms with Crippen molar-refractivity contribution in [3.8, 4) is 5.88 Å². The molecule has 1 aliphatic rings. The molecule has 4 heteroatoms. The highest BCUT2D eigenvalue weighted by Crippen LogP contribution is 2.27. The number of pyridine rings is 1. The largest absolute Gasteiger partial charge is 0.481 e. The van der Waals surface area contributed by atoms with E-state index >= 15 is 0 Å². The molecule has 4 nitrogen and oxygen atoms in total. The molecule has 2 heterocycles. The zero-order chi connectivity index (χ0) is 15.8. The molecular weight excluding hydrogens is 262 g/mol. The van der Waals surface area contributed by atoms with Crippen LogP contribution in [0.1, 0.15) is 46.1 Å². The van der Waals surface area contributed by atoms with Crippen molar-refractivity contribution in [3.05, 3.63) is 17.7 Å². The number of rotatable bonds is 4. The molecule has 0 radical (unpaired) electrons. The third-order valence-corrected chi connectivity index (χ3v) is 3.83. The van der Waals surface area contributed by atoms with Crippen molar-refractivity contribution in [1.29, 1.82) is 0 Å². The summed E-state index contributed by atoms with van der Waals surface area (Å²) in [5.74, 6) is 2.25. The summed E-state index contributed by atoms with van der Waals surface area (Å²) in [5.41, 5.74) is 1.18. The van der Waals surface area contributed by atoms with Crippen molar-refractivity contribution in [1.82, 2.24) is 9.88 Å². The molecule has 0 saturated carbocycles. The quantitative estimate of drug-likeness (QED) is 0.851. The van der Waals surface area contributed by atoms with E-state index in [1.54, 1.807) is 7.11 Å². The summed E-state index contributed by atoms with van der Waals surface area (Å²) >= 11 is 0. The molecule has 1 aliphatic heterocycles. The fourth-order valence-corrected chi connectivity index (χ4v) is 2.51. The molecule has 0 aromatic carbocycles. The van der Waals surface area contributed by atoms with Crippen LogP contribution in [0.3, 0.4) is 0 Å². The van der Waals surface area contributed by atoms with Crippen LogP contribution < -0.4 is 9.64 Å². The van der Waals surface area contributed by atoms with E-state index in [0.717, 1.165) is 44.4 Å². The third-order valence-electron chi connectivity index (χ3n) is 3.83. The van der Waals surface area contributed by atoms with Gasteiger partial charge >= 0.3 is 0 Å². The Balaban J connectivity index is 0.00000106. The Morgan fingerprint density at radius 1 is 1.14 bits per heavy atom. The normalized spacial score (nSPS) is 15.7. The average Bonchev–Trinajstić information content (AvgIpc) is 2.56. The minimum absolute atomic E-state index is 0.438. The lowest BCUT2D eigenvalue weighted by Crippen LogP contribution is -2.46. The second-order valence-electron chi connectivity index (χ2n) is 5.34. The second kappa shape index (κ2) is 8.88. The first-order valence-electron chi connectivity index (χ1n) is 8.18. The Kier molecular flexibility index (Phi) is 7.51. The number of piperazine rings is 1. The Morgan fingerprint density at radius 3 is 2.24 bits per heavy atom. The number of anilines is 1. The van der Waals surface area contributed by atoms with Crippen LogP contribution in [0.2, 0.25) is 0 Å². The van der Waals surface area contributed by atoms with E-state index in [2.05, 4.69) is 47.7 Å². The molecule has 0 spiro atoms. The van der Waals surface area contributed by atoms with Crippen LogP contribution >= 0.6 is 0 Å². The molecule has 0 aliphatic carbocycles. The minimum Gasteiger partial charge on any atom is -0.481 e. The van der Waals surface area contributed by atoms with Crippen molar-refractivity contribution >= 4 is 5.82 Å². The van der Waals surface area contributed by atoms with E-state index in [-0.39, 0.29) is 0 Å². The van der Waals surface area contributed by atoms with Gasteiger partial charge in [-0.25, -0.2) is 0 Å². The predicted octanol–water partition coefficient (Wildman–Crippen LogP) is 3.38. The summed E-state index contributed by atoms with van der Waals surface area (Å²) in [4.78, 5) is 9.49. The molecule has 0 unspecified atom stereocenters. The molecule has 1 aromatic heterocycles. The highest BCUT2D eigenvalue weighted by molar-refractivity contribution is 5.45. The maximum atomic E-state index is 5.43. The number of nitrogens with zero attached hydrogens (tertiary/aromatic N) is 3.